The number of allylic oxidation sites excluding steroid dienone is 1. The Bertz CT molecular complexity index is 942. The highest BCUT2D eigenvalue weighted by Gasteiger charge is 2.16. The predicted octanol–water partition coefficient (Wildman–Crippen LogP) is 2.81. The van der Waals surface area contributed by atoms with Crippen LogP contribution in [0.25, 0.3) is 5.57 Å². The molecule has 0 saturated carbocycles. The number of carbonyl (C=O) groups is 1. The molecule has 0 aliphatic carbocycles. The summed E-state index contributed by atoms with van der Waals surface area (Å²) in [6.07, 6.45) is 2.49. The average molecular weight is 392 g/mol. The van der Waals surface area contributed by atoms with Crippen LogP contribution >= 0.6 is 0 Å². The van der Waals surface area contributed by atoms with Crippen LogP contribution in [0.3, 0.4) is 0 Å². The molecule has 29 heavy (non-hydrogen) atoms. The van der Waals surface area contributed by atoms with Crippen LogP contribution in [0.15, 0.2) is 48.5 Å². The molecule has 1 saturated heterocycles. The number of hydrogen-bond donors (Lipinski definition) is 4. The summed E-state index contributed by atoms with van der Waals surface area (Å²) in [6, 6.07) is 11.6. The number of aliphatic hydroxyl groups excluding tert-OH is 1. The molecule has 0 bridgehead atoms. The van der Waals surface area contributed by atoms with Gasteiger partial charge in [0.05, 0.1) is 42.3 Å². The second-order valence-electron chi connectivity index (χ2n) is 6.18. The summed E-state index contributed by atoms with van der Waals surface area (Å²) in [6.45, 7) is 2.13. The third-order valence-electron chi connectivity index (χ3n) is 4.28. The average Bonchev–Trinajstić information content (AvgIpc) is 2.76. The fourth-order valence-corrected chi connectivity index (χ4v) is 2.71. The monoisotopic (exact) mass is 392 g/mol. The second-order valence-corrected chi connectivity index (χ2v) is 6.18. The molecule has 0 spiro atoms. The summed E-state index contributed by atoms with van der Waals surface area (Å²) in [7, 11) is 0. The van der Waals surface area contributed by atoms with Crippen LogP contribution in [-0.4, -0.2) is 53.5 Å². The number of hydrogen-bond acceptors (Lipinski definition) is 7. The highest BCUT2D eigenvalue weighted by Crippen LogP contribution is 2.19. The van der Waals surface area contributed by atoms with Gasteiger partial charge in [-0.2, -0.15) is 5.26 Å². The second kappa shape index (κ2) is 9.34. The van der Waals surface area contributed by atoms with Crippen LogP contribution < -0.4 is 10.6 Å². The van der Waals surface area contributed by atoms with Gasteiger partial charge in [-0.3, -0.25) is 0 Å². The van der Waals surface area contributed by atoms with Crippen LogP contribution in [0.1, 0.15) is 11.1 Å². The van der Waals surface area contributed by atoms with E-state index in [1.54, 1.807) is 41.3 Å². The van der Waals surface area contributed by atoms with Gasteiger partial charge in [0.1, 0.15) is 5.82 Å². The van der Waals surface area contributed by atoms with E-state index in [0.29, 0.717) is 48.9 Å². The molecular weight excluding hydrogens is 372 g/mol. The predicted molar refractivity (Wildman–Crippen MR) is 109 cm³/mol. The maximum atomic E-state index is 12.2. The molecule has 9 nitrogen and oxygen atoms in total. The van der Waals surface area contributed by atoms with Gasteiger partial charge >= 0.3 is 6.03 Å². The molecule has 1 aliphatic heterocycles. The summed E-state index contributed by atoms with van der Waals surface area (Å²) in [5.41, 5.74) is 1.84. The van der Waals surface area contributed by atoms with E-state index in [9.17, 15) is 9.90 Å². The van der Waals surface area contributed by atoms with Crippen molar-refractivity contribution >= 4 is 29.3 Å². The standard InChI is InChI=1S/C20H20N6O3/c21-11-14-1-3-15(4-2-14)17(12-22)19(27)25-18-6-5-16(13-23-18)24-20(28)26-7-9-29-10-8-26/h1-6,12-13,22,27H,7-10H2,(H,23,25)(H,24,28)/b19-17-,22-12?. The highest BCUT2D eigenvalue weighted by atomic mass is 16.5. The van der Waals surface area contributed by atoms with Crippen LogP contribution in [0.2, 0.25) is 0 Å². The molecule has 0 unspecified atom stereocenters. The zero-order valence-electron chi connectivity index (χ0n) is 15.6. The van der Waals surface area contributed by atoms with Crippen molar-refractivity contribution in [2.24, 2.45) is 0 Å². The first-order chi connectivity index (χ1) is 14.1. The molecule has 3 rings (SSSR count). The Morgan fingerprint density at radius 1 is 1.21 bits per heavy atom. The number of nitrogens with zero attached hydrogens (tertiary/aromatic N) is 3. The Kier molecular flexibility index (Phi) is 6.40. The van der Waals surface area contributed by atoms with Crippen molar-refractivity contribution in [3.05, 3.63) is 59.6 Å². The molecule has 1 fully saturated rings. The minimum Gasteiger partial charge on any atom is -0.494 e. The lowest BCUT2D eigenvalue weighted by Crippen LogP contribution is -2.43. The number of aromatic nitrogens is 1. The van der Waals surface area contributed by atoms with E-state index in [4.69, 9.17) is 15.4 Å². The number of amides is 2. The molecule has 2 amide bonds. The number of nitriles is 1. The van der Waals surface area contributed by atoms with E-state index >= 15 is 0 Å². The Morgan fingerprint density at radius 3 is 2.52 bits per heavy atom. The lowest BCUT2D eigenvalue weighted by molar-refractivity contribution is 0.0564. The molecule has 0 radical (unpaired) electrons. The molecule has 1 aromatic carbocycles. The van der Waals surface area contributed by atoms with Crippen LogP contribution in [0, 0.1) is 16.7 Å². The zero-order valence-corrected chi connectivity index (χ0v) is 15.6. The van der Waals surface area contributed by atoms with Crippen molar-refractivity contribution in [1.29, 1.82) is 10.7 Å². The molecule has 2 heterocycles. The number of carbonyl (C=O) groups excluding carboxylic acids is 1. The maximum Gasteiger partial charge on any atom is 0.322 e. The zero-order chi connectivity index (χ0) is 20.6. The Labute approximate surface area is 167 Å². The first-order valence-electron chi connectivity index (χ1n) is 8.91. The lowest BCUT2D eigenvalue weighted by Gasteiger charge is -2.26. The molecular formula is C20H20N6O3. The fraction of sp³-hybridized carbons (Fsp3) is 0.200. The molecule has 148 valence electrons. The fourth-order valence-electron chi connectivity index (χ4n) is 2.71. The number of aliphatic hydroxyl groups is 1. The van der Waals surface area contributed by atoms with Crippen molar-refractivity contribution in [1.82, 2.24) is 9.88 Å². The maximum absolute atomic E-state index is 12.2. The Balaban J connectivity index is 1.67. The summed E-state index contributed by atoms with van der Waals surface area (Å²) in [5, 5.41) is 32.3. The molecule has 2 aromatic rings. The van der Waals surface area contributed by atoms with Crippen LogP contribution in [-0.2, 0) is 4.74 Å². The van der Waals surface area contributed by atoms with Gasteiger partial charge in [0.25, 0.3) is 0 Å². The van der Waals surface area contributed by atoms with Gasteiger partial charge in [0, 0.05) is 19.3 Å². The summed E-state index contributed by atoms with van der Waals surface area (Å²) >= 11 is 0. The topological polar surface area (TPSA) is 134 Å². The highest BCUT2D eigenvalue weighted by molar-refractivity contribution is 6.09. The number of anilines is 2. The van der Waals surface area contributed by atoms with Gasteiger partial charge in [0.2, 0.25) is 0 Å². The van der Waals surface area contributed by atoms with Gasteiger partial charge < -0.3 is 30.8 Å². The summed E-state index contributed by atoms with van der Waals surface area (Å²) in [4.78, 5) is 18.0. The number of rotatable bonds is 5. The molecule has 0 atom stereocenters. The number of ether oxygens (including phenoxy) is 1. The number of urea groups is 1. The van der Waals surface area contributed by atoms with Crippen molar-refractivity contribution in [3.8, 4) is 6.07 Å². The van der Waals surface area contributed by atoms with Crippen molar-refractivity contribution in [2.45, 2.75) is 0 Å². The minimum absolute atomic E-state index is 0.217. The van der Waals surface area contributed by atoms with E-state index in [-0.39, 0.29) is 17.5 Å². The summed E-state index contributed by atoms with van der Waals surface area (Å²) in [5.74, 6) is 0.0992. The van der Waals surface area contributed by atoms with E-state index in [0.717, 1.165) is 6.21 Å². The first-order valence-corrected chi connectivity index (χ1v) is 8.91. The molecule has 4 N–H and O–H groups in total. The molecule has 1 aromatic heterocycles. The van der Waals surface area contributed by atoms with Gasteiger partial charge in [-0.1, -0.05) is 12.1 Å². The molecule has 9 heteroatoms. The van der Waals surface area contributed by atoms with Gasteiger partial charge in [0.15, 0.2) is 5.88 Å². The number of nitrogens with one attached hydrogen (secondary N) is 3. The van der Waals surface area contributed by atoms with Crippen molar-refractivity contribution < 1.29 is 14.6 Å². The largest absolute Gasteiger partial charge is 0.494 e. The third-order valence-corrected chi connectivity index (χ3v) is 4.28. The third kappa shape index (κ3) is 5.09. The summed E-state index contributed by atoms with van der Waals surface area (Å²) < 4.78 is 5.22. The lowest BCUT2D eigenvalue weighted by atomic mass is 10.1. The number of benzene rings is 1. The quantitative estimate of drug-likeness (QED) is 0.457. The minimum atomic E-state index is -0.248. The van der Waals surface area contributed by atoms with Crippen LogP contribution in [0.5, 0.6) is 0 Å². The van der Waals surface area contributed by atoms with E-state index in [2.05, 4.69) is 15.6 Å². The number of pyridine rings is 1. The van der Waals surface area contributed by atoms with E-state index < -0.39 is 0 Å². The first kappa shape index (κ1) is 19.9. The Hall–Kier alpha value is -3.90. The molecule has 1 aliphatic rings. The van der Waals surface area contributed by atoms with Gasteiger partial charge in [-0.15, -0.1) is 0 Å². The van der Waals surface area contributed by atoms with Gasteiger partial charge in [-0.25, -0.2) is 9.78 Å². The van der Waals surface area contributed by atoms with Gasteiger partial charge in [-0.05, 0) is 29.8 Å². The SMILES string of the molecule is N#Cc1ccc(/C(C=N)=C(\O)Nc2ccc(NC(=O)N3CCOCC3)cn2)cc1. The smallest absolute Gasteiger partial charge is 0.322 e. The number of morpholine rings is 1. The van der Waals surface area contributed by atoms with E-state index in [1.807, 2.05) is 6.07 Å². The normalized spacial score (nSPS) is 14.4. The van der Waals surface area contributed by atoms with E-state index in [1.165, 1.54) is 6.20 Å². The van der Waals surface area contributed by atoms with Crippen LogP contribution in [0.4, 0.5) is 16.3 Å². The van der Waals surface area contributed by atoms with Crippen molar-refractivity contribution in [3.63, 3.8) is 0 Å². The Morgan fingerprint density at radius 2 is 1.93 bits per heavy atom. The van der Waals surface area contributed by atoms with Crippen molar-refractivity contribution in [2.75, 3.05) is 36.9 Å².